The van der Waals surface area contributed by atoms with Crippen molar-refractivity contribution in [2.45, 2.75) is 32.1 Å². The second-order valence-corrected chi connectivity index (χ2v) is 6.50. The van der Waals surface area contributed by atoms with Gasteiger partial charge in [-0.3, -0.25) is 9.59 Å². The fourth-order valence-corrected chi connectivity index (χ4v) is 3.51. The highest BCUT2D eigenvalue weighted by atomic mass is 16.2. The van der Waals surface area contributed by atoms with Crippen LogP contribution < -0.4 is 10.2 Å². The molecule has 1 aliphatic heterocycles. The van der Waals surface area contributed by atoms with Crippen LogP contribution in [0.3, 0.4) is 0 Å². The molecule has 7 heteroatoms. The monoisotopic (exact) mass is 331 g/mol. The van der Waals surface area contributed by atoms with E-state index < -0.39 is 0 Å². The first kappa shape index (κ1) is 16.7. The number of hydrogen-bond donors (Lipinski definition) is 1. The number of hydrogen-bond acceptors (Lipinski definition) is 5. The van der Waals surface area contributed by atoms with Gasteiger partial charge in [0.25, 0.3) is 5.91 Å². The summed E-state index contributed by atoms with van der Waals surface area (Å²) in [6, 6.07) is 3.50. The number of aromatic nitrogens is 2. The molecular weight excluding hydrogens is 306 g/mol. The molecule has 1 aliphatic carbocycles. The van der Waals surface area contributed by atoms with Crippen LogP contribution in [-0.4, -0.2) is 60.1 Å². The molecule has 2 fully saturated rings. The van der Waals surface area contributed by atoms with Crippen LogP contribution in [0, 0.1) is 5.92 Å². The number of nitrogens with one attached hydrogen (secondary N) is 1. The van der Waals surface area contributed by atoms with Crippen molar-refractivity contribution in [2.24, 2.45) is 5.92 Å². The Morgan fingerprint density at radius 2 is 1.75 bits per heavy atom. The molecule has 2 heterocycles. The van der Waals surface area contributed by atoms with Crippen LogP contribution >= 0.6 is 0 Å². The molecule has 0 aromatic carbocycles. The highest BCUT2D eigenvalue weighted by molar-refractivity contribution is 5.91. The molecule has 0 spiro atoms. The van der Waals surface area contributed by atoms with Gasteiger partial charge in [0.15, 0.2) is 11.5 Å². The lowest BCUT2D eigenvalue weighted by Gasteiger charge is -2.37. The van der Waals surface area contributed by atoms with Crippen LogP contribution in [0.4, 0.5) is 5.82 Å². The van der Waals surface area contributed by atoms with E-state index in [9.17, 15) is 9.59 Å². The zero-order valence-electron chi connectivity index (χ0n) is 14.2. The SMILES string of the molecule is CNC(=O)c1ccc(N2CCN(C(=O)C3CCCCC3)CC2)nn1. The summed E-state index contributed by atoms with van der Waals surface area (Å²) in [5.74, 6) is 1.08. The Morgan fingerprint density at radius 3 is 2.33 bits per heavy atom. The van der Waals surface area contributed by atoms with Crippen LogP contribution in [0.25, 0.3) is 0 Å². The molecular formula is C17H25N5O2. The van der Waals surface area contributed by atoms with Crippen molar-refractivity contribution in [3.63, 3.8) is 0 Å². The van der Waals surface area contributed by atoms with Crippen LogP contribution in [-0.2, 0) is 4.79 Å². The molecule has 0 radical (unpaired) electrons. The maximum Gasteiger partial charge on any atom is 0.271 e. The molecule has 130 valence electrons. The van der Waals surface area contributed by atoms with Crippen molar-refractivity contribution in [3.05, 3.63) is 17.8 Å². The molecule has 0 bridgehead atoms. The average molecular weight is 331 g/mol. The first-order valence-electron chi connectivity index (χ1n) is 8.78. The minimum Gasteiger partial charge on any atom is -0.354 e. The summed E-state index contributed by atoms with van der Waals surface area (Å²) in [6.45, 7) is 2.97. The van der Waals surface area contributed by atoms with Gasteiger partial charge in [0.1, 0.15) is 0 Å². The van der Waals surface area contributed by atoms with Crippen molar-refractivity contribution in [1.82, 2.24) is 20.4 Å². The van der Waals surface area contributed by atoms with Gasteiger partial charge in [-0.2, -0.15) is 0 Å². The van der Waals surface area contributed by atoms with Gasteiger partial charge in [0.05, 0.1) is 0 Å². The van der Waals surface area contributed by atoms with E-state index in [1.165, 1.54) is 19.3 Å². The Labute approximate surface area is 142 Å². The number of piperazine rings is 1. The zero-order chi connectivity index (χ0) is 16.9. The Hall–Kier alpha value is -2.18. The van der Waals surface area contributed by atoms with Crippen molar-refractivity contribution >= 4 is 17.6 Å². The molecule has 1 aromatic heterocycles. The molecule has 0 atom stereocenters. The van der Waals surface area contributed by atoms with E-state index in [0.717, 1.165) is 44.8 Å². The van der Waals surface area contributed by atoms with Gasteiger partial charge in [0.2, 0.25) is 5.91 Å². The van der Waals surface area contributed by atoms with E-state index in [2.05, 4.69) is 20.4 Å². The number of amides is 2. The molecule has 7 nitrogen and oxygen atoms in total. The van der Waals surface area contributed by atoms with Crippen LogP contribution in [0.5, 0.6) is 0 Å². The zero-order valence-corrected chi connectivity index (χ0v) is 14.2. The topological polar surface area (TPSA) is 78.4 Å². The summed E-state index contributed by atoms with van der Waals surface area (Å²) >= 11 is 0. The highest BCUT2D eigenvalue weighted by Crippen LogP contribution is 2.26. The lowest BCUT2D eigenvalue weighted by molar-refractivity contribution is -0.136. The number of nitrogens with zero attached hydrogens (tertiary/aromatic N) is 4. The number of anilines is 1. The predicted molar refractivity (Wildman–Crippen MR) is 90.8 cm³/mol. The van der Waals surface area contributed by atoms with Crippen molar-refractivity contribution in [3.8, 4) is 0 Å². The normalized spacial score (nSPS) is 19.2. The van der Waals surface area contributed by atoms with Crippen LogP contribution in [0.1, 0.15) is 42.6 Å². The molecule has 2 amide bonds. The van der Waals surface area contributed by atoms with Crippen LogP contribution in [0.2, 0.25) is 0 Å². The lowest BCUT2D eigenvalue weighted by Crippen LogP contribution is -2.50. The molecule has 2 aliphatic rings. The second-order valence-electron chi connectivity index (χ2n) is 6.50. The average Bonchev–Trinajstić information content (AvgIpc) is 2.68. The van der Waals surface area contributed by atoms with E-state index in [4.69, 9.17) is 0 Å². The number of carbonyl (C=O) groups is 2. The van der Waals surface area contributed by atoms with E-state index in [0.29, 0.717) is 11.6 Å². The smallest absolute Gasteiger partial charge is 0.271 e. The minimum absolute atomic E-state index is 0.233. The molecule has 1 saturated carbocycles. The third kappa shape index (κ3) is 3.66. The molecule has 1 aromatic rings. The fraction of sp³-hybridized carbons (Fsp3) is 0.647. The molecule has 1 saturated heterocycles. The van der Waals surface area contributed by atoms with E-state index in [1.54, 1.807) is 13.1 Å². The van der Waals surface area contributed by atoms with E-state index in [-0.39, 0.29) is 11.8 Å². The van der Waals surface area contributed by atoms with Gasteiger partial charge in [-0.15, -0.1) is 10.2 Å². The standard InChI is InChI=1S/C17H25N5O2/c1-18-16(23)14-7-8-15(20-19-14)21-9-11-22(12-10-21)17(24)13-5-3-2-4-6-13/h7-8,13H,2-6,9-12H2,1H3,(H,18,23). The maximum atomic E-state index is 12.6. The lowest BCUT2D eigenvalue weighted by atomic mass is 9.88. The first-order chi connectivity index (χ1) is 11.7. The van der Waals surface area contributed by atoms with Crippen molar-refractivity contribution < 1.29 is 9.59 Å². The van der Waals surface area contributed by atoms with Gasteiger partial charge >= 0.3 is 0 Å². The summed E-state index contributed by atoms with van der Waals surface area (Å²) in [5, 5.41) is 10.6. The molecule has 1 N–H and O–H groups in total. The Morgan fingerprint density at radius 1 is 1.04 bits per heavy atom. The Balaban J connectivity index is 1.54. The third-order valence-electron chi connectivity index (χ3n) is 4.98. The molecule has 3 rings (SSSR count). The highest BCUT2D eigenvalue weighted by Gasteiger charge is 2.28. The molecule has 0 unspecified atom stereocenters. The third-order valence-corrected chi connectivity index (χ3v) is 4.98. The van der Waals surface area contributed by atoms with E-state index in [1.807, 2.05) is 11.0 Å². The molecule has 24 heavy (non-hydrogen) atoms. The predicted octanol–water partition coefficient (Wildman–Crippen LogP) is 1.07. The fourth-order valence-electron chi connectivity index (χ4n) is 3.51. The number of rotatable bonds is 3. The summed E-state index contributed by atoms with van der Waals surface area (Å²) in [4.78, 5) is 28.2. The van der Waals surface area contributed by atoms with Gasteiger partial charge < -0.3 is 15.1 Å². The minimum atomic E-state index is -0.239. The van der Waals surface area contributed by atoms with Gasteiger partial charge in [-0.25, -0.2) is 0 Å². The summed E-state index contributed by atoms with van der Waals surface area (Å²) in [7, 11) is 1.57. The maximum absolute atomic E-state index is 12.6. The first-order valence-corrected chi connectivity index (χ1v) is 8.78. The Kier molecular flexibility index (Phi) is 5.27. The van der Waals surface area contributed by atoms with E-state index >= 15 is 0 Å². The van der Waals surface area contributed by atoms with Crippen LogP contribution in [0.15, 0.2) is 12.1 Å². The second kappa shape index (κ2) is 7.59. The van der Waals surface area contributed by atoms with Crippen molar-refractivity contribution in [1.29, 1.82) is 0 Å². The van der Waals surface area contributed by atoms with Gasteiger partial charge in [0, 0.05) is 39.1 Å². The van der Waals surface area contributed by atoms with Crippen molar-refractivity contribution in [2.75, 3.05) is 38.1 Å². The summed E-state index contributed by atoms with van der Waals surface area (Å²) in [6.07, 6.45) is 5.73. The number of carbonyl (C=O) groups excluding carboxylic acids is 2. The summed E-state index contributed by atoms with van der Waals surface area (Å²) in [5.41, 5.74) is 0.312. The Bertz CT molecular complexity index is 575. The largest absolute Gasteiger partial charge is 0.354 e. The van der Waals surface area contributed by atoms with Gasteiger partial charge in [-0.05, 0) is 25.0 Å². The summed E-state index contributed by atoms with van der Waals surface area (Å²) < 4.78 is 0. The van der Waals surface area contributed by atoms with Gasteiger partial charge in [-0.1, -0.05) is 19.3 Å². The quantitative estimate of drug-likeness (QED) is 0.896.